The topological polar surface area (TPSA) is 90.6 Å². The molecule has 0 fully saturated rings. The van der Waals surface area contributed by atoms with Crippen molar-refractivity contribution in [2.75, 3.05) is 14.2 Å². The van der Waals surface area contributed by atoms with Gasteiger partial charge >= 0.3 is 0 Å². The third-order valence-electron chi connectivity index (χ3n) is 4.02. The van der Waals surface area contributed by atoms with E-state index >= 15 is 0 Å². The Bertz CT molecular complexity index is 951. The third kappa shape index (κ3) is 3.58. The minimum atomic E-state index is -0.119. The fourth-order valence-electron chi connectivity index (χ4n) is 2.83. The SMILES string of the molecule is COc1ccc(CC(=O)NCc2nnc3nc(C)cc(C)n23)cc1OC. The van der Waals surface area contributed by atoms with Crippen LogP contribution in [-0.2, 0) is 17.8 Å². The van der Waals surface area contributed by atoms with Crippen molar-refractivity contribution in [2.24, 2.45) is 0 Å². The molecule has 0 saturated heterocycles. The Balaban J connectivity index is 1.68. The Morgan fingerprint density at radius 3 is 2.62 bits per heavy atom. The van der Waals surface area contributed by atoms with Crippen molar-refractivity contribution in [2.45, 2.75) is 26.8 Å². The molecule has 136 valence electrons. The maximum absolute atomic E-state index is 12.3. The molecule has 0 aliphatic heterocycles. The molecule has 0 saturated carbocycles. The molecule has 0 bridgehead atoms. The van der Waals surface area contributed by atoms with E-state index in [-0.39, 0.29) is 18.9 Å². The summed E-state index contributed by atoms with van der Waals surface area (Å²) in [6, 6.07) is 7.36. The van der Waals surface area contributed by atoms with Crippen LogP contribution in [-0.4, -0.2) is 39.7 Å². The lowest BCUT2D eigenvalue weighted by Gasteiger charge is -2.10. The van der Waals surface area contributed by atoms with Crippen LogP contribution in [0.4, 0.5) is 0 Å². The number of hydrogen-bond donors (Lipinski definition) is 1. The molecule has 2 aromatic heterocycles. The summed E-state index contributed by atoms with van der Waals surface area (Å²) < 4.78 is 12.3. The van der Waals surface area contributed by atoms with Crippen molar-refractivity contribution in [3.63, 3.8) is 0 Å². The molecule has 1 aromatic carbocycles. The van der Waals surface area contributed by atoms with Crippen molar-refractivity contribution in [1.82, 2.24) is 24.9 Å². The number of benzene rings is 1. The number of hydrogen-bond acceptors (Lipinski definition) is 6. The molecule has 0 spiro atoms. The van der Waals surface area contributed by atoms with Crippen LogP contribution in [0, 0.1) is 13.8 Å². The summed E-state index contributed by atoms with van der Waals surface area (Å²) in [7, 11) is 3.14. The molecule has 2 heterocycles. The maximum atomic E-state index is 12.3. The van der Waals surface area contributed by atoms with E-state index in [2.05, 4.69) is 20.5 Å². The Kier molecular flexibility index (Phi) is 5.01. The minimum Gasteiger partial charge on any atom is -0.493 e. The van der Waals surface area contributed by atoms with Gasteiger partial charge in [-0.05, 0) is 37.6 Å². The minimum absolute atomic E-state index is 0.119. The molecule has 0 radical (unpaired) electrons. The smallest absolute Gasteiger partial charge is 0.255 e. The predicted molar refractivity (Wildman–Crippen MR) is 95.4 cm³/mol. The van der Waals surface area contributed by atoms with Crippen LogP contribution in [0.25, 0.3) is 5.78 Å². The third-order valence-corrected chi connectivity index (χ3v) is 4.02. The molecular weight excluding hydrogens is 334 g/mol. The van der Waals surface area contributed by atoms with Gasteiger partial charge in [0, 0.05) is 11.4 Å². The lowest BCUT2D eigenvalue weighted by Crippen LogP contribution is -2.25. The van der Waals surface area contributed by atoms with E-state index in [4.69, 9.17) is 9.47 Å². The summed E-state index contributed by atoms with van der Waals surface area (Å²) in [4.78, 5) is 16.6. The molecule has 0 atom stereocenters. The Morgan fingerprint density at radius 2 is 1.88 bits per heavy atom. The van der Waals surface area contributed by atoms with Gasteiger partial charge in [-0.3, -0.25) is 9.20 Å². The molecule has 3 rings (SSSR count). The summed E-state index contributed by atoms with van der Waals surface area (Å²) in [6.45, 7) is 4.14. The first-order valence-electron chi connectivity index (χ1n) is 8.17. The number of ether oxygens (including phenoxy) is 2. The Morgan fingerprint density at radius 1 is 1.12 bits per heavy atom. The number of nitrogens with one attached hydrogen (secondary N) is 1. The molecule has 0 aliphatic carbocycles. The molecule has 0 unspecified atom stereocenters. The number of carbonyl (C=O) groups is 1. The first-order chi connectivity index (χ1) is 12.5. The van der Waals surface area contributed by atoms with Gasteiger partial charge in [0.2, 0.25) is 5.91 Å². The molecule has 1 amide bonds. The van der Waals surface area contributed by atoms with E-state index in [0.29, 0.717) is 23.1 Å². The van der Waals surface area contributed by atoms with E-state index in [0.717, 1.165) is 17.0 Å². The van der Waals surface area contributed by atoms with E-state index in [9.17, 15) is 4.79 Å². The van der Waals surface area contributed by atoms with Crippen molar-refractivity contribution < 1.29 is 14.3 Å². The quantitative estimate of drug-likeness (QED) is 0.722. The summed E-state index contributed by atoms with van der Waals surface area (Å²) in [5.74, 6) is 2.28. The van der Waals surface area contributed by atoms with Gasteiger partial charge in [0.15, 0.2) is 17.3 Å². The molecule has 8 nitrogen and oxygen atoms in total. The van der Waals surface area contributed by atoms with E-state index < -0.39 is 0 Å². The second-order valence-electron chi connectivity index (χ2n) is 5.93. The fourth-order valence-corrected chi connectivity index (χ4v) is 2.83. The molecule has 0 aliphatic rings. The normalized spacial score (nSPS) is 10.8. The zero-order chi connectivity index (χ0) is 18.7. The second-order valence-corrected chi connectivity index (χ2v) is 5.93. The van der Waals surface area contributed by atoms with Gasteiger partial charge in [0.25, 0.3) is 5.78 Å². The zero-order valence-electron chi connectivity index (χ0n) is 15.2. The van der Waals surface area contributed by atoms with Crippen molar-refractivity contribution >= 4 is 11.7 Å². The highest BCUT2D eigenvalue weighted by Crippen LogP contribution is 2.27. The fraction of sp³-hybridized carbons (Fsp3) is 0.333. The second kappa shape index (κ2) is 7.38. The number of aryl methyl sites for hydroxylation is 2. The summed E-state index contributed by atoms with van der Waals surface area (Å²) in [5.41, 5.74) is 2.69. The van der Waals surface area contributed by atoms with Crippen LogP contribution in [0.2, 0.25) is 0 Å². The van der Waals surface area contributed by atoms with Crippen molar-refractivity contribution in [3.05, 3.63) is 47.0 Å². The highest BCUT2D eigenvalue weighted by atomic mass is 16.5. The maximum Gasteiger partial charge on any atom is 0.255 e. The number of nitrogens with zero attached hydrogens (tertiary/aromatic N) is 4. The zero-order valence-corrected chi connectivity index (χ0v) is 15.2. The monoisotopic (exact) mass is 355 g/mol. The van der Waals surface area contributed by atoms with Gasteiger partial charge in [0.1, 0.15) is 0 Å². The molecule has 3 aromatic rings. The van der Waals surface area contributed by atoms with Gasteiger partial charge in [-0.25, -0.2) is 4.98 Å². The lowest BCUT2D eigenvalue weighted by molar-refractivity contribution is -0.120. The van der Waals surface area contributed by atoms with Crippen molar-refractivity contribution in [1.29, 1.82) is 0 Å². The predicted octanol–water partition coefficient (Wildman–Crippen LogP) is 1.62. The number of methoxy groups -OCH3 is 2. The largest absolute Gasteiger partial charge is 0.493 e. The number of fused-ring (bicyclic) bond motifs is 1. The first kappa shape index (κ1) is 17.7. The highest BCUT2D eigenvalue weighted by Gasteiger charge is 2.12. The van der Waals surface area contributed by atoms with Crippen molar-refractivity contribution in [3.8, 4) is 11.5 Å². The molecular formula is C18H21N5O3. The average molecular weight is 355 g/mol. The van der Waals surface area contributed by atoms with E-state index in [1.807, 2.05) is 30.4 Å². The Hall–Kier alpha value is -3.16. The van der Waals surface area contributed by atoms with Crippen LogP contribution in [0.5, 0.6) is 11.5 Å². The summed E-state index contributed by atoms with van der Waals surface area (Å²) in [5, 5.41) is 11.1. The van der Waals surface area contributed by atoms with Gasteiger partial charge in [-0.2, -0.15) is 0 Å². The van der Waals surface area contributed by atoms with E-state index in [1.54, 1.807) is 26.4 Å². The van der Waals surface area contributed by atoms with E-state index in [1.165, 1.54) is 0 Å². The lowest BCUT2D eigenvalue weighted by atomic mass is 10.1. The summed E-state index contributed by atoms with van der Waals surface area (Å²) in [6.07, 6.45) is 0.230. The molecule has 26 heavy (non-hydrogen) atoms. The highest BCUT2D eigenvalue weighted by molar-refractivity contribution is 5.78. The van der Waals surface area contributed by atoms with Crippen LogP contribution in [0.1, 0.15) is 22.8 Å². The van der Waals surface area contributed by atoms with Gasteiger partial charge in [0.05, 0.1) is 27.2 Å². The number of amides is 1. The number of aromatic nitrogens is 4. The van der Waals surface area contributed by atoms with Gasteiger partial charge in [-0.1, -0.05) is 6.07 Å². The average Bonchev–Trinajstić information content (AvgIpc) is 3.03. The molecule has 8 heteroatoms. The first-order valence-corrected chi connectivity index (χ1v) is 8.17. The van der Waals surface area contributed by atoms with Gasteiger partial charge < -0.3 is 14.8 Å². The number of carbonyl (C=O) groups excluding carboxylic acids is 1. The van der Waals surface area contributed by atoms with Crippen LogP contribution in [0.15, 0.2) is 24.3 Å². The molecule has 1 N–H and O–H groups in total. The Labute approximate surface area is 151 Å². The van der Waals surface area contributed by atoms with Crippen LogP contribution in [0.3, 0.4) is 0 Å². The summed E-state index contributed by atoms with van der Waals surface area (Å²) >= 11 is 0. The number of rotatable bonds is 6. The van der Waals surface area contributed by atoms with Crippen LogP contribution >= 0.6 is 0 Å². The van der Waals surface area contributed by atoms with Crippen LogP contribution < -0.4 is 14.8 Å². The van der Waals surface area contributed by atoms with Gasteiger partial charge in [-0.15, -0.1) is 10.2 Å². The standard InChI is InChI=1S/C18H21N5O3/c1-11-7-12(2)23-16(21-22-18(23)20-11)10-19-17(24)9-13-5-6-14(25-3)15(8-13)26-4/h5-8H,9-10H2,1-4H3,(H,19,24).